The molecule has 2 atom stereocenters. The van der Waals surface area contributed by atoms with Gasteiger partial charge in [-0.25, -0.2) is 0 Å². The van der Waals surface area contributed by atoms with Crippen LogP contribution >= 0.6 is 0 Å². The van der Waals surface area contributed by atoms with E-state index in [9.17, 15) is 36.6 Å². The molecule has 2 aliphatic carbocycles. The summed E-state index contributed by atoms with van der Waals surface area (Å²) in [5, 5.41) is 21.4. The summed E-state index contributed by atoms with van der Waals surface area (Å²) in [4.78, 5) is 0. The largest absolute Gasteiger partial charge is 0.494 e. The molecule has 0 amide bonds. The molecule has 1 heterocycles. The van der Waals surface area contributed by atoms with Gasteiger partial charge < -0.3 is 10.2 Å². The molecule has 29 heavy (non-hydrogen) atoms. The average molecular weight is 417 g/mol. The number of aromatic nitrogens is 1. The van der Waals surface area contributed by atoms with E-state index in [0.29, 0.717) is 40.7 Å². The molecule has 4 rings (SSSR count). The van der Waals surface area contributed by atoms with Crippen LogP contribution in [0.3, 0.4) is 0 Å². The van der Waals surface area contributed by atoms with Crippen LogP contribution in [-0.2, 0) is 12.4 Å². The van der Waals surface area contributed by atoms with Crippen molar-refractivity contribution in [3.63, 3.8) is 0 Å². The van der Waals surface area contributed by atoms with E-state index in [0.717, 1.165) is 11.1 Å². The molecule has 2 N–H and O–H groups in total. The van der Waals surface area contributed by atoms with E-state index >= 15 is 0 Å². The van der Waals surface area contributed by atoms with Crippen LogP contribution in [0.5, 0.6) is 11.8 Å². The minimum Gasteiger partial charge on any atom is -0.494 e. The summed E-state index contributed by atoms with van der Waals surface area (Å²) in [6.45, 7) is 3.80. The highest BCUT2D eigenvalue weighted by atomic mass is 19.4. The van der Waals surface area contributed by atoms with Gasteiger partial charge in [-0.3, -0.25) is 4.57 Å². The standard InChI is InChI=1S/C20H17F6NO2/c1-8(2)14-12-3-4-13(14)16-15(12)17(28)27(18(16)29)11-6-9(19(21,22)23)5-10(7-11)20(24,25)26/h5-7,12-13,28-29H,3-4H2,1-2H3. The Labute approximate surface area is 161 Å². The van der Waals surface area contributed by atoms with Gasteiger partial charge in [0.1, 0.15) is 0 Å². The van der Waals surface area contributed by atoms with Crippen LogP contribution in [0.2, 0.25) is 0 Å². The first-order chi connectivity index (χ1) is 13.3. The highest BCUT2D eigenvalue weighted by molar-refractivity contribution is 5.66. The molecule has 2 aliphatic rings. The molecule has 0 aliphatic heterocycles. The van der Waals surface area contributed by atoms with E-state index in [-0.39, 0.29) is 17.9 Å². The number of nitrogens with zero attached hydrogens (tertiary/aromatic N) is 1. The lowest BCUT2D eigenvalue weighted by Crippen LogP contribution is -2.12. The first-order valence-corrected chi connectivity index (χ1v) is 8.96. The Hall–Kier alpha value is -2.58. The Balaban J connectivity index is 1.96. The molecule has 0 saturated heterocycles. The van der Waals surface area contributed by atoms with Gasteiger partial charge in [0.05, 0.1) is 16.8 Å². The van der Waals surface area contributed by atoms with Crippen LogP contribution in [0, 0.1) is 0 Å². The first kappa shape index (κ1) is 19.7. The second-order valence-electron chi connectivity index (χ2n) is 7.71. The molecular formula is C20H17F6NO2. The number of rotatable bonds is 1. The number of allylic oxidation sites excluding steroid dienone is 2. The third-order valence-corrected chi connectivity index (χ3v) is 5.80. The van der Waals surface area contributed by atoms with Gasteiger partial charge in [0.2, 0.25) is 11.8 Å². The number of fused-ring (bicyclic) bond motifs is 5. The van der Waals surface area contributed by atoms with Crippen LogP contribution in [0.15, 0.2) is 29.3 Å². The van der Waals surface area contributed by atoms with Crippen molar-refractivity contribution in [1.82, 2.24) is 4.57 Å². The zero-order valence-electron chi connectivity index (χ0n) is 15.4. The molecule has 1 fully saturated rings. The lowest BCUT2D eigenvalue weighted by Gasteiger charge is -2.17. The number of benzene rings is 1. The van der Waals surface area contributed by atoms with Crippen molar-refractivity contribution in [1.29, 1.82) is 0 Å². The zero-order chi connectivity index (χ0) is 21.5. The maximum atomic E-state index is 13.2. The second-order valence-corrected chi connectivity index (χ2v) is 7.71. The Morgan fingerprint density at radius 3 is 1.59 bits per heavy atom. The minimum absolute atomic E-state index is 0.0137. The molecule has 156 valence electrons. The number of aromatic hydroxyl groups is 2. The van der Waals surface area contributed by atoms with Crippen molar-refractivity contribution in [2.75, 3.05) is 0 Å². The molecule has 2 bridgehead atoms. The van der Waals surface area contributed by atoms with Gasteiger partial charge in [-0.05, 0) is 44.9 Å². The van der Waals surface area contributed by atoms with Crippen molar-refractivity contribution >= 4 is 0 Å². The van der Waals surface area contributed by atoms with E-state index in [1.807, 2.05) is 13.8 Å². The Morgan fingerprint density at radius 2 is 1.24 bits per heavy atom. The van der Waals surface area contributed by atoms with Gasteiger partial charge in [0.15, 0.2) is 0 Å². The molecular weight excluding hydrogens is 400 g/mol. The van der Waals surface area contributed by atoms with Crippen LogP contribution in [-0.4, -0.2) is 14.8 Å². The number of alkyl halides is 6. The van der Waals surface area contributed by atoms with E-state index in [1.165, 1.54) is 0 Å². The summed E-state index contributed by atoms with van der Waals surface area (Å²) >= 11 is 0. The molecule has 3 nitrogen and oxygen atoms in total. The highest BCUT2D eigenvalue weighted by Crippen LogP contribution is 2.64. The van der Waals surface area contributed by atoms with Gasteiger partial charge in [-0.15, -0.1) is 0 Å². The van der Waals surface area contributed by atoms with Gasteiger partial charge in [0.25, 0.3) is 0 Å². The summed E-state index contributed by atoms with van der Waals surface area (Å²) in [6.07, 6.45) is -8.64. The summed E-state index contributed by atoms with van der Waals surface area (Å²) in [5.41, 5.74) is -0.757. The fourth-order valence-corrected chi connectivity index (χ4v) is 4.77. The summed E-state index contributed by atoms with van der Waals surface area (Å²) in [7, 11) is 0. The van der Waals surface area contributed by atoms with Crippen LogP contribution in [0.4, 0.5) is 26.3 Å². The molecule has 0 spiro atoms. The van der Waals surface area contributed by atoms with E-state index in [1.54, 1.807) is 0 Å². The van der Waals surface area contributed by atoms with Gasteiger partial charge in [-0.1, -0.05) is 11.1 Å². The summed E-state index contributed by atoms with van der Waals surface area (Å²) < 4.78 is 79.8. The summed E-state index contributed by atoms with van der Waals surface area (Å²) in [5.74, 6) is -1.42. The molecule has 1 aromatic heterocycles. The molecule has 2 unspecified atom stereocenters. The monoisotopic (exact) mass is 417 g/mol. The quantitative estimate of drug-likeness (QED) is 0.426. The molecule has 0 radical (unpaired) electrons. The maximum Gasteiger partial charge on any atom is 0.416 e. The van der Waals surface area contributed by atoms with Crippen LogP contribution in [0.1, 0.15) is 60.8 Å². The van der Waals surface area contributed by atoms with E-state index < -0.39 is 40.9 Å². The van der Waals surface area contributed by atoms with Crippen molar-refractivity contribution < 1.29 is 36.6 Å². The third kappa shape index (κ3) is 2.81. The minimum atomic E-state index is -5.02. The Morgan fingerprint density at radius 1 is 0.828 bits per heavy atom. The topological polar surface area (TPSA) is 45.4 Å². The Bertz CT molecular complexity index is 971. The SMILES string of the molecule is CC(C)=C1C2CCC1c1c2c(O)n(-c2cc(C(F)(F)F)cc(C(F)(F)F)c2)c1O. The third-order valence-electron chi connectivity index (χ3n) is 5.80. The van der Waals surface area contributed by atoms with Crippen LogP contribution in [0.25, 0.3) is 5.69 Å². The average Bonchev–Trinajstić information content (AvgIpc) is 3.23. The zero-order valence-corrected chi connectivity index (χ0v) is 15.4. The van der Waals surface area contributed by atoms with Gasteiger partial charge in [0, 0.05) is 23.0 Å². The predicted octanol–water partition coefficient (Wildman–Crippen LogP) is 6.24. The number of hydrogen-bond donors (Lipinski definition) is 2. The van der Waals surface area contributed by atoms with Crippen LogP contribution < -0.4 is 0 Å². The fourth-order valence-electron chi connectivity index (χ4n) is 4.77. The fraction of sp³-hybridized carbons (Fsp3) is 0.400. The number of hydrogen-bond acceptors (Lipinski definition) is 2. The Kier molecular flexibility index (Phi) is 4.06. The van der Waals surface area contributed by atoms with Crippen molar-refractivity contribution in [2.45, 2.75) is 50.9 Å². The molecule has 1 aromatic carbocycles. The van der Waals surface area contributed by atoms with Crippen molar-refractivity contribution in [2.24, 2.45) is 0 Å². The first-order valence-electron chi connectivity index (χ1n) is 8.96. The number of halogens is 6. The lowest BCUT2D eigenvalue weighted by molar-refractivity contribution is -0.143. The second kappa shape index (κ2) is 5.96. The molecule has 2 aromatic rings. The molecule has 1 saturated carbocycles. The van der Waals surface area contributed by atoms with E-state index in [2.05, 4.69) is 0 Å². The van der Waals surface area contributed by atoms with Gasteiger partial charge in [-0.2, -0.15) is 26.3 Å². The predicted molar refractivity (Wildman–Crippen MR) is 92.2 cm³/mol. The van der Waals surface area contributed by atoms with E-state index in [4.69, 9.17) is 0 Å². The lowest BCUT2D eigenvalue weighted by atomic mass is 9.95. The highest BCUT2D eigenvalue weighted by Gasteiger charge is 2.48. The molecule has 9 heteroatoms. The normalized spacial score (nSPS) is 21.0. The smallest absolute Gasteiger partial charge is 0.416 e. The summed E-state index contributed by atoms with van der Waals surface area (Å²) in [6, 6.07) is 1.00. The maximum absolute atomic E-state index is 13.2. The van der Waals surface area contributed by atoms with Crippen molar-refractivity contribution in [3.8, 4) is 17.4 Å². The van der Waals surface area contributed by atoms with Crippen molar-refractivity contribution in [3.05, 3.63) is 51.6 Å². The van der Waals surface area contributed by atoms with Gasteiger partial charge >= 0.3 is 12.4 Å².